The number of carbonyl (C=O) groups excluding carboxylic acids is 2. The van der Waals surface area contributed by atoms with Crippen LogP contribution in [0.1, 0.15) is 44.3 Å². The second kappa shape index (κ2) is 10.3. The first-order valence-corrected chi connectivity index (χ1v) is 12.6. The largest absolute Gasteiger partial charge is 0.383 e. The summed E-state index contributed by atoms with van der Waals surface area (Å²) in [5, 5.41) is 7.09. The minimum Gasteiger partial charge on any atom is -0.383 e. The molecule has 1 unspecified atom stereocenters. The van der Waals surface area contributed by atoms with Crippen LogP contribution in [0, 0.1) is 12.7 Å². The second-order valence-corrected chi connectivity index (χ2v) is 9.98. The third-order valence-electron chi connectivity index (χ3n) is 7.34. The Labute approximate surface area is 222 Å². The number of halogens is 3. The Balaban J connectivity index is 1.34. The van der Waals surface area contributed by atoms with E-state index in [4.69, 9.17) is 16.2 Å². The number of nitrogen functional groups attached to an aromatic ring is 1. The Kier molecular flexibility index (Phi) is 7.08. The van der Waals surface area contributed by atoms with Gasteiger partial charge in [0.1, 0.15) is 28.9 Å². The van der Waals surface area contributed by atoms with Crippen LogP contribution in [0.4, 0.5) is 19.0 Å². The number of hydrogen-bond acceptors (Lipinski definition) is 6. The molecule has 2 fully saturated rings. The van der Waals surface area contributed by atoms with E-state index in [0.717, 1.165) is 4.68 Å². The van der Waals surface area contributed by atoms with E-state index in [-0.39, 0.29) is 41.6 Å². The Morgan fingerprint density at radius 1 is 1.18 bits per heavy atom. The van der Waals surface area contributed by atoms with Crippen LogP contribution in [-0.2, 0) is 11.3 Å². The summed E-state index contributed by atoms with van der Waals surface area (Å²) in [6.07, 6.45) is 0.0937. The van der Waals surface area contributed by atoms with E-state index in [9.17, 15) is 14.0 Å². The SMILES string of the molecule is Cc1ccc(F)cc1C(=O)NCc1ccc(-c2nn(C3CCN(C4COC4)CC3(F)F)c(N)c2C(N)=O)cc1. The maximum Gasteiger partial charge on any atom is 0.282 e. The van der Waals surface area contributed by atoms with Gasteiger partial charge in [0, 0.05) is 24.2 Å². The first-order valence-electron chi connectivity index (χ1n) is 12.6. The zero-order valence-electron chi connectivity index (χ0n) is 21.3. The molecule has 0 spiro atoms. The van der Waals surface area contributed by atoms with Crippen molar-refractivity contribution in [3.8, 4) is 11.3 Å². The van der Waals surface area contributed by atoms with Gasteiger partial charge in [0.05, 0.1) is 25.8 Å². The smallest absolute Gasteiger partial charge is 0.282 e. The molecule has 1 aromatic heterocycles. The number of carbonyl (C=O) groups is 2. The molecule has 2 aromatic carbocycles. The van der Waals surface area contributed by atoms with Crippen molar-refractivity contribution in [3.63, 3.8) is 0 Å². The number of alkyl halides is 2. The van der Waals surface area contributed by atoms with Crippen LogP contribution in [0.5, 0.6) is 0 Å². The number of piperidine rings is 1. The molecular weight excluding hydrogens is 513 g/mol. The van der Waals surface area contributed by atoms with E-state index in [1.165, 1.54) is 18.2 Å². The van der Waals surface area contributed by atoms with Crippen molar-refractivity contribution >= 4 is 17.6 Å². The fourth-order valence-corrected chi connectivity index (χ4v) is 5.03. The zero-order chi connectivity index (χ0) is 27.9. The van der Waals surface area contributed by atoms with Crippen LogP contribution >= 0.6 is 0 Å². The van der Waals surface area contributed by atoms with Crippen LogP contribution in [0.2, 0.25) is 0 Å². The quantitative estimate of drug-likeness (QED) is 0.421. The monoisotopic (exact) mass is 542 g/mol. The van der Waals surface area contributed by atoms with Crippen LogP contribution in [-0.4, -0.2) is 64.8 Å². The summed E-state index contributed by atoms with van der Waals surface area (Å²) in [6.45, 7) is 2.71. The highest BCUT2D eigenvalue weighted by Crippen LogP contribution is 2.41. The fraction of sp³-hybridized carbons (Fsp3) is 0.370. The number of nitrogens with two attached hydrogens (primary N) is 2. The van der Waals surface area contributed by atoms with Crippen LogP contribution < -0.4 is 16.8 Å². The van der Waals surface area contributed by atoms with Gasteiger partial charge in [-0.1, -0.05) is 30.3 Å². The summed E-state index contributed by atoms with van der Waals surface area (Å²) in [4.78, 5) is 26.5. The number of hydrogen-bond donors (Lipinski definition) is 3. The van der Waals surface area contributed by atoms with E-state index >= 15 is 8.78 Å². The van der Waals surface area contributed by atoms with Crippen molar-refractivity contribution in [1.82, 2.24) is 20.0 Å². The number of rotatable bonds is 7. The number of aryl methyl sites for hydroxylation is 1. The lowest BCUT2D eigenvalue weighted by molar-refractivity contribution is -0.149. The first kappa shape index (κ1) is 26.7. The number of primary amides is 1. The fourth-order valence-electron chi connectivity index (χ4n) is 5.03. The van der Waals surface area contributed by atoms with Gasteiger partial charge in [-0.3, -0.25) is 14.5 Å². The average molecular weight is 543 g/mol. The van der Waals surface area contributed by atoms with Gasteiger partial charge in [-0.2, -0.15) is 5.10 Å². The topological polar surface area (TPSA) is 128 Å². The molecule has 0 aliphatic carbocycles. The highest BCUT2D eigenvalue weighted by Gasteiger charge is 2.49. The molecular formula is C27H29F3N6O3. The number of nitrogens with one attached hydrogen (secondary N) is 1. The number of anilines is 1. The summed E-state index contributed by atoms with van der Waals surface area (Å²) in [5.74, 6) is -5.14. The molecule has 0 saturated carbocycles. The second-order valence-electron chi connectivity index (χ2n) is 9.98. The van der Waals surface area contributed by atoms with E-state index < -0.39 is 36.1 Å². The third kappa shape index (κ3) is 5.21. The van der Waals surface area contributed by atoms with Crippen molar-refractivity contribution in [1.29, 1.82) is 0 Å². The van der Waals surface area contributed by atoms with Crippen molar-refractivity contribution in [2.24, 2.45) is 5.73 Å². The molecule has 206 valence electrons. The summed E-state index contributed by atoms with van der Waals surface area (Å²) in [5.41, 5.74) is 13.8. The number of benzene rings is 2. The molecule has 2 aliphatic rings. The number of amides is 2. The first-order chi connectivity index (χ1) is 18.5. The summed E-state index contributed by atoms with van der Waals surface area (Å²) < 4.78 is 50.2. The maximum absolute atomic E-state index is 15.3. The van der Waals surface area contributed by atoms with Gasteiger partial charge in [0.25, 0.3) is 17.7 Å². The Morgan fingerprint density at radius 2 is 1.90 bits per heavy atom. The summed E-state index contributed by atoms with van der Waals surface area (Å²) in [7, 11) is 0. The number of likely N-dealkylation sites (tertiary alicyclic amines) is 1. The Hall–Kier alpha value is -3.90. The van der Waals surface area contributed by atoms with Crippen molar-refractivity contribution < 1.29 is 27.5 Å². The van der Waals surface area contributed by atoms with Gasteiger partial charge < -0.3 is 21.5 Å². The van der Waals surface area contributed by atoms with Crippen LogP contribution in [0.25, 0.3) is 11.3 Å². The zero-order valence-corrected chi connectivity index (χ0v) is 21.3. The molecule has 39 heavy (non-hydrogen) atoms. The molecule has 2 amide bonds. The Morgan fingerprint density at radius 3 is 2.51 bits per heavy atom. The van der Waals surface area contributed by atoms with Gasteiger partial charge in [0.2, 0.25) is 0 Å². The molecule has 0 bridgehead atoms. The van der Waals surface area contributed by atoms with Gasteiger partial charge in [0.15, 0.2) is 0 Å². The number of aromatic nitrogens is 2. The standard InChI is InChI=1S/C27H29F3N6O3/c1-15-2-7-18(28)10-20(15)26(38)33-11-16-3-5-17(6-4-16)23-22(25(32)37)24(31)36(34-23)21-8-9-35(14-27(21,29)30)19-12-39-13-19/h2-7,10,19,21H,8-9,11-14,31H2,1H3,(H2,32,37)(H,33,38). The molecule has 5 rings (SSSR count). The van der Waals surface area contributed by atoms with Gasteiger partial charge in [-0.05, 0) is 36.6 Å². The highest BCUT2D eigenvalue weighted by molar-refractivity contribution is 6.03. The minimum absolute atomic E-state index is 0.0234. The van der Waals surface area contributed by atoms with Crippen molar-refractivity contribution in [3.05, 3.63) is 70.5 Å². The molecule has 5 N–H and O–H groups in total. The predicted octanol–water partition coefficient (Wildman–Crippen LogP) is 2.89. The minimum atomic E-state index is -3.14. The lowest BCUT2D eigenvalue weighted by Crippen LogP contribution is -2.58. The molecule has 1 atom stereocenters. The molecule has 3 heterocycles. The van der Waals surface area contributed by atoms with E-state index in [1.807, 2.05) is 0 Å². The Bertz CT molecular complexity index is 1400. The van der Waals surface area contributed by atoms with Crippen LogP contribution in [0.15, 0.2) is 42.5 Å². The molecule has 9 nitrogen and oxygen atoms in total. The lowest BCUT2D eigenvalue weighted by Gasteiger charge is -2.44. The van der Waals surface area contributed by atoms with Crippen LogP contribution in [0.3, 0.4) is 0 Å². The van der Waals surface area contributed by atoms with Crippen molar-refractivity contribution in [2.45, 2.75) is 37.9 Å². The normalized spacial score (nSPS) is 19.4. The highest BCUT2D eigenvalue weighted by atomic mass is 19.3. The lowest BCUT2D eigenvalue weighted by atomic mass is 9.98. The number of nitrogens with zero attached hydrogens (tertiary/aromatic N) is 3. The number of ether oxygens (including phenoxy) is 1. The molecule has 2 aliphatic heterocycles. The van der Waals surface area contributed by atoms with Gasteiger partial charge in [-0.15, -0.1) is 0 Å². The molecule has 3 aromatic rings. The maximum atomic E-state index is 15.3. The molecule has 0 radical (unpaired) electrons. The third-order valence-corrected chi connectivity index (χ3v) is 7.34. The molecule has 12 heteroatoms. The van der Waals surface area contributed by atoms with E-state index in [1.54, 1.807) is 36.1 Å². The predicted molar refractivity (Wildman–Crippen MR) is 138 cm³/mol. The van der Waals surface area contributed by atoms with E-state index in [2.05, 4.69) is 10.4 Å². The van der Waals surface area contributed by atoms with Gasteiger partial charge >= 0.3 is 0 Å². The van der Waals surface area contributed by atoms with E-state index in [0.29, 0.717) is 36.4 Å². The summed E-state index contributed by atoms with van der Waals surface area (Å²) in [6, 6.07) is 9.32. The van der Waals surface area contributed by atoms with Gasteiger partial charge in [-0.25, -0.2) is 17.9 Å². The average Bonchev–Trinajstić information content (AvgIpc) is 3.19. The summed E-state index contributed by atoms with van der Waals surface area (Å²) >= 11 is 0. The molecule has 2 saturated heterocycles. The van der Waals surface area contributed by atoms with Crippen molar-refractivity contribution in [2.75, 3.05) is 32.0 Å².